The van der Waals surface area contributed by atoms with Crippen molar-refractivity contribution in [2.45, 2.75) is 13.3 Å². The molecule has 0 saturated heterocycles. The standard InChI is InChI=1S/C12H15N3O/c1-2-9-16-11-5-3-10(4-6-11)15-8-7-14-12(15)13/h3-8H,2,9H2,1H3,(H2,13,14). The number of imidazole rings is 1. The predicted octanol–water partition coefficient (Wildman–Crippen LogP) is 2.24. The Balaban J connectivity index is 2.16. The normalized spacial score (nSPS) is 10.3. The number of anilines is 1. The maximum atomic E-state index is 5.71. The van der Waals surface area contributed by atoms with Gasteiger partial charge in [-0.25, -0.2) is 4.98 Å². The van der Waals surface area contributed by atoms with E-state index >= 15 is 0 Å². The lowest BCUT2D eigenvalue weighted by Crippen LogP contribution is -2.00. The quantitative estimate of drug-likeness (QED) is 0.854. The molecule has 4 heteroatoms. The van der Waals surface area contributed by atoms with Crippen LogP contribution in [0.15, 0.2) is 36.7 Å². The molecule has 4 nitrogen and oxygen atoms in total. The molecule has 0 unspecified atom stereocenters. The fourth-order valence-corrected chi connectivity index (χ4v) is 1.46. The summed E-state index contributed by atoms with van der Waals surface area (Å²) in [5.41, 5.74) is 6.70. The zero-order valence-corrected chi connectivity index (χ0v) is 9.26. The van der Waals surface area contributed by atoms with E-state index in [1.807, 2.05) is 35.0 Å². The van der Waals surface area contributed by atoms with E-state index in [-0.39, 0.29) is 0 Å². The van der Waals surface area contributed by atoms with Crippen molar-refractivity contribution in [3.8, 4) is 11.4 Å². The van der Waals surface area contributed by atoms with Gasteiger partial charge in [0.15, 0.2) is 0 Å². The number of hydrogen-bond donors (Lipinski definition) is 1. The van der Waals surface area contributed by atoms with Gasteiger partial charge in [-0.15, -0.1) is 0 Å². The van der Waals surface area contributed by atoms with Gasteiger partial charge in [0.2, 0.25) is 5.95 Å². The lowest BCUT2D eigenvalue weighted by molar-refractivity contribution is 0.317. The second kappa shape index (κ2) is 4.70. The van der Waals surface area contributed by atoms with Crippen molar-refractivity contribution in [1.29, 1.82) is 0 Å². The van der Waals surface area contributed by atoms with Crippen LogP contribution in [0.25, 0.3) is 5.69 Å². The van der Waals surface area contributed by atoms with Crippen LogP contribution in [0, 0.1) is 0 Å². The number of rotatable bonds is 4. The van der Waals surface area contributed by atoms with Crippen LogP contribution in [0.1, 0.15) is 13.3 Å². The van der Waals surface area contributed by atoms with Crippen molar-refractivity contribution in [3.63, 3.8) is 0 Å². The molecule has 0 spiro atoms. The first kappa shape index (κ1) is 10.5. The molecule has 0 amide bonds. The van der Waals surface area contributed by atoms with Crippen molar-refractivity contribution in [2.75, 3.05) is 12.3 Å². The first-order valence-electron chi connectivity index (χ1n) is 5.33. The Hall–Kier alpha value is -1.97. The summed E-state index contributed by atoms with van der Waals surface area (Å²) < 4.78 is 7.32. The van der Waals surface area contributed by atoms with Crippen molar-refractivity contribution in [3.05, 3.63) is 36.7 Å². The molecule has 2 aromatic rings. The molecule has 0 aliphatic rings. The van der Waals surface area contributed by atoms with Crippen molar-refractivity contribution in [2.24, 2.45) is 0 Å². The van der Waals surface area contributed by atoms with Crippen LogP contribution in [-0.2, 0) is 0 Å². The summed E-state index contributed by atoms with van der Waals surface area (Å²) in [6.45, 7) is 2.83. The minimum atomic E-state index is 0.488. The molecule has 0 aliphatic heterocycles. The topological polar surface area (TPSA) is 53.1 Å². The highest BCUT2D eigenvalue weighted by molar-refractivity contribution is 5.42. The van der Waals surface area contributed by atoms with Gasteiger partial charge in [0.25, 0.3) is 0 Å². The molecule has 1 heterocycles. The number of ether oxygens (including phenoxy) is 1. The number of hydrogen-bond acceptors (Lipinski definition) is 3. The molecule has 2 N–H and O–H groups in total. The van der Waals surface area contributed by atoms with Crippen LogP contribution in [-0.4, -0.2) is 16.2 Å². The first-order chi connectivity index (χ1) is 7.81. The molecule has 2 rings (SSSR count). The third kappa shape index (κ3) is 2.16. The molecule has 16 heavy (non-hydrogen) atoms. The Labute approximate surface area is 94.7 Å². The molecule has 1 aromatic carbocycles. The average Bonchev–Trinajstić information content (AvgIpc) is 2.74. The number of aromatic nitrogens is 2. The second-order valence-electron chi connectivity index (χ2n) is 3.50. The van der Waals surface area contributed by atoms with Crippen molar-refractivity contribution >= 4 is 5.95 Å². The zero-order valence-electron chi connectivity index (χ0n) is 9.26. The van der Waals surface area contributed by atoms with Crippen LogP contribution in [0.5, 0.6) is 5.75 Å². The third-order valence-electron chi connectivity index (χ3n) is 2.26. The lowest BCUT2D eigenvalue weighted by atomic mass is 10.3. The van der Waals surface area contributed by atoms with E-state index in [0.717, 1.165) is 24.5 Å². The number of nitrogen functional groups attached to an aromatic ring is 1. The van der Waals surface area contributed by atoms with Gasteiger partial charge in [0.1, 0.15) is 5.75 Å². The summed E-state index contributed by atoms with van der Waals surface area (Å²) in [5.74, 6) is 1.37. The largest absolute Gasteiger partial charge is 0.494 e. The van der Waals surface area contributed by atoms with Gasteiger partial charge in [0.05, 0.1) is 6.61 Å². The number of nitrogens with zero attached hydrogens (tertiary/aromatic N) is 2. The molecule has 0 bridgehead atoms. The SMILES string of the molecule is CCCOc1ccc(-n2ccnc2N)cc1. The molecule has 1 aromatic heterocycles. The van der Waals surface area contributed by atoms with Crippen LogP contribution in [0.4, 0.5) is 5.95 Å². The lowest BCUT2D eigenvalue weighted by Gasteiger charge is -2.07. The summed E-state index contributed by atoms with van der Waals surface area (Å²) in [6, 6.07) is 7.79. The van der Waals surface area contributed by atoms with Gasteiger partial charge in [0, 0.05) is 18.1 Å². The highest BCUT2D eigenvalue weighted by atomic mass is 16.5. The summed E-state index contributed by atoms with van der Waals surface area (Å²) >= 11 is 0. The van der Waals surface area contributed by atoms with Gasteiger partial charge in [-0.3, -0.25) is 4.57 Å². The van der Waals surface area contributed by atoms with Crippen LogP contribution in [0.3, 0.4) is 0 Å². The van der Waals surface area contributed by atoms with E-state index in [0.29, 0.717) is 5.95 Å². The summed E-state index contributed by atoms with van der Waals surface area (Å²) in [4.78, 5) is 3.97. The minimum absolute atomic E-state index is 0.488. The average molecular weight is 217 g/mol. The Morgan fingerprint density at radius 3 is 2.62 bits per heavy atom. The highest BCUT2D eigenvalue weighted by Crippen LogP contribution is 2.17. The second-order valence-corrected chi connectivity index (χ2v) is 3.50. The van der Waals surface area contributed by atoms with E-state index in [1.54, 1.807) is 6.20 Å². The Morgan fingerprint density at radius 1 is 1.31 bits per heavy atom. The predicted molar refractivity (Wildman–Crippen MR) is 63.8 cm³/mol. The Bertz CT molecular complexity index is 448. The van der Waals surface area contributed by atoms with E-state index in [9.17, 15) is 0 Å². The van der Waals surface area contributed by atoms with E-state index in [2.05, 4.69) is 11.9 Å². The maximum Gasteiger partial charge on any atom is 0.204 e. The minimum Gasteiger partial charge on any atom is -0.494 e. The molecule has 0 fully saturated rings. The van der Waals surface area contributed by atoms with Crippen LogP contribution < -0.4 is 10.5 Å². The summed E-state index contributed by atoms with van der Waals surface area (Å²) in [5, 5.41) is 0. The number of nitrogens with two attached hydrogens (primary N) is 1. The number of benzene rings is 1. The van der Waals surface area contributed by atoms with Gasteiger partial charge in [-0.1, -0.05) is 6.92 Å². The Kier molecular flexibility index (Phi) is 3.10. The van der Waals surface area contributed by atoms with E-state index in [1.165, 1.54) is 0 Å². The monoisotopic (exact) mass is 217 g/mol. The van der Waals surface area contributed by atoms with E-state index < -0.39 is 0 Å². The molecule has 84 valence electrons. The highest BCUT2D eigenvalue weighted by Gasteiger charge is 2.00. The van der Waals surface area contributed by atoms with Crippen LogP contribution >= 0.6 is 0 Å². The summed E-state index contributed by atoms with van der Waals surface area (Å²) in [7, 11) is 0. The Morgan fingerprint density at radius 2 is 2.06 bits per heavy atom. The van der Waals surface area contributed by atoms with Crippen molar-refractivity contribution in [1.82, 2.24) is 9.55 Å². The fourth-order valence-electron chi connectivity index (χ4n) is 1.46. The fraction of sp³-hybridized carbons (Fsp3) is 0.250. The zero-order chi connectivity index (χ0) is 11.4. The van der Waals surface area contributed by atoms with Crippen LogP contribution in [0.2, 0.25) is 0 Å². The molecular formula is C12H15N3O. The summed E-state index contributed by atoms with van der Waals surface area (Å²) in [6.07, 6.45) is 4.52. The maximum absolute atomic E-state index is 5.71. The molecule has 0 atom stereocenters. The molecule has 0 aliphatic carbocycles. The van der Waals surface area contributed by atoms with Gasteiger partial charge in [-0.05, 0) is 30.7 Å². The first-order valence-corrected chi connectivity index (χ1v) is 5.33. The van der Waals surface area contributed by atoms with Gasteiger partial charge in [-0.2, -0.15) is 0 Å². The van der Waals surface area contributed by atoms with Gasteiger partial charge >= 0.3 is 0 Å². The van der Waals surface area contributed by atoms with Crippen molar-refractivity contribution < 1.29 is 4.74 Å². The smallest absolute Gasteiger partial charge is 0.204 e. The molecule has 0 radical (unpaired) electrons. The third-order valence-corrected chi connectivity index (χ3v) is 2.26. The molecular weight excluding hydrogens is 202 g/mol. The molecule has 0 saturated carbocycles. The van der Waals surface area contributed by atoms with E-state index in [4.69, 9.17) is 10.5 Å². The van der Waals surface area contributed by atoms with Gasteiger partial charge < -0.3 is 10.5 Å².